The lowest BCUT2D eigenvalue weighted by atomic mass is 10.2. The summed E-state index contributed by atoms with van der Waals surface area (Å²) in [6, 6.07) is 1.05. The van der Waals surface area contributed by atoms with Crippen LogP contribution in [-0.4, -0.2) is 69.2 Å². The normalized spacial score (nSPS) is 25.3. The van der Waals surface area contributed by atoms with Crippen LogP contribution in [0.15, 0.2) is 0 Å². The summed E-state index contributed by atoms with van der Waals surface area (Å²) in [6.45, 7) is 2.54. The maximum Gasteiger partial charge on any atom is 0.213 e. The molecule has 0 spiro atoms. The number of likely N-dealkylation sites (N-methyl/N-ethyl adjacent to an activating group) is 2. The molecular weight excluding hydrogens is 262 g/mol. The number of hydrogen-bond acceptors (Lipinski definition) is 4. The number of hydrogen-bond donors (Lipinski definition) is 1. The van der Waals surface area contributed by atoms with Crippen molar-refractivity contribution in [3.63, 3.8) is 0 Å². The van der Waals surface area contributed by atoms with Gasteiger partial charge in [0.25, 0.3) is 0 Å². The fourth-order valence-corrected chi connectivity index (χ4v) is 3.84. The van der Waals surface area contributed by atoms with Crippen LogP contribution in [0.25, 0.3) is 0 Å². The third kappa shape index (κ3) is 4.70. The molecule has 0 radical (unpaired) electrons. The molecule has 0 aromatic carbocycles. The first-order chi connectivity index (χ1) is 8.99. The summed E-state index contributed by atoms with van der Waals surface area (Å²) >= 11 is 0. The minimum absolute atomic E-state index is 0.264. The quantitative estimate of drug-likeness (QED) is 0.661. The van der Waals surface area contributed by atoms with Crippen molar-refractivity contribution in [3.05, 3.63) is 0 Å². The molecule has 6 heteroatoms. The van der Waals surface area contributed by atoms with Crippen molar-refractivity contribution in [1.82, 2.24) is 14.5 Å². The molecule has 1 aliphatic carbocycles. The summed E-state index contributed by atoms with van der Waals surface area (Å²) in [5.41, 5.74) is 0. The molecule has 0 aromatic heterocycles. The highest BCUT2D eigenvalue weighted by molar-refractivity contribution is 7.89. The summed E-state index contributed by atoms with van der Waals surface area (Å²) in [6.07, 6.45) is 5.50. The van der Waals surface area contributed by atoms with E-state index in [1.807, 2.05) is 0 Å². The average molecular weight is 289 g/mol. The molecular formula is C13H27N3O2S. The van der Waals surface area contributed by atoms with E-state index in [0.717, 1.165) is 19.5 Å². The largest absolute Gasteiger partial charge is 0.314 e. The van der Waals surface area contributed by atoms with Crippen LogP contribution >= 0.6 is 0 Å². The van der Waals surface area contributed by atoms with Gasteiger partial charge in [-0.15, -0.1) is 0 Å². The second-order valence-corrected chi connectivity index (χ2v) is 8.15. The molecule has 19 heavy (non-hydrogen) atoms. The van der Waals surface area contributed by atoms with Crippen LogP contribution in [0.2, 0.25) is 0 Å². The van der Waals surface area contributed by atoms with Crippen molar-refractivity contribution in [1.29, 1.82) is 0 Å². The van der Waals surface area contributed by atoms with Gasteiger partial charge in [0, 0.05) is 25.7 Å². The maximum absolute atomic E-state index is 12.2. The van der Waals surface area contributed by atoms with Crippen molar-refractivity contribution in [2.24, 2.45) is 0 Å². The summed E-state index contributed by atoms with van der Waals surface area (Å²) < 4.78 is 25.9. The summed E-state index contributed by atoms with van der Waals surface area (Å²) in [5, 5.41) is 3.36. The molecule has 1 aliphatic heterocycles. The molecule has 5 nitrogen and oxygen atoms in total. The zero-order chi connectivity index (χ0) is 13.9. The highest BCUT2D eigenvalue weighted by atomic mass is 32.2. The number of sulfonamides is 1. The van der Waals surface area contributed by atoms with Gasteiger partial charge in [0.2, 0.25) is 10.0 Å². The first-order valence-corrected chi connectivity index (χ1v) is 8.97. The Morgan fingerprint density at radius 3 is 2.63 bits per heavy atom. The van der Waals surface area contributed by atoms with E-state index in [2.05, 4.69) is 17.3 Å². The predicted molar refractivity (Wildman–Crippen MR) is 77.7 cm³/mol. The lowest BCUT2D eigenvalue weighted by molar-refractivity contribution is 0.271. The van der Waals surface area contributed by atoms with E-state index in [1.165, 1.54) is 19.3 Å². The van der Waals surface area contributed by atoms with Crippen LogP contribution in [-0.2, 0) is 10.0 Å². The van der Waals surface area contributed by atoms with Crippen molar-refractivity contribution in [3.8, 4) is 0 Å². The Bertz CT molecular complexity index is 381. The standard InChI is InChI=1S/C13H27N3O2S/c1-15-9-3-5-13(15)11-16(2)19(17,18)10-4-8-14-12-6-7-12/h12-14H,3-11H2,1-2H3. The third-order valence-electron chi connectivity index (χ3n) is 4.20. The van der Waals surface area contributed by atoms with E-state index in [-0.39, 0.29) is 5.75 Å². The minimum Gasteiger partial charge on any atom is -0.314 e. The molecule has 2 rings (SSSR count). The van der Waals surface area contributed by atoms with E-state index in [0.29, 0.717) is 25.0 Å². The third-order valence-corrected chi connectivity index (χ3v) is 6.11. The first-order valence-electron chi connectivity index (χ1n) is 7.36. The van der Waals surface area contributed by atoms with Crippen LogP contribution in [0.1, 0.15) is 32.1 Å². The topological polar surface area (TPSA) is 52.7 Å². The maximum atomic E-state index is 12.2. The van der Waals surface area contributed by atoms with Gasteiger partial charge < -0.3 is 10.2 Å². The smallest absolute Gasteiger partial charge is 0.213 e. The minimum atomic E-state index is -3.08. The molecule has 0 bridgehead atoms. The van der Waals surface area contributed by atoms with Gasteiger partial charge in [0.05, 0.1) is 5.75 Å². The zero-order valence-electron chi connectivity index (χ0n) is 12.1. The van der Waals surface area contributed by atoms with Gasteiger partial charge in [-0.3, -0.25) is 0 Å². The van der Waals surface area contributed by atoms with Gasteiger partial charge in [0.1, 0.15) is 0 Å². The van der Waals surface area contributed by atoms with Gasteiger partial charge in [-0.2, -0.15) is 0 Å². The number of nitrogens with one attached hydrogen (secondary N) is 1. The highest BCUT2D eigenvalue weighted by Gasteiger charge is 2.27. The SMILES string of the molecule is CN1CCCC1CN(C)S(=O)(=O)CCCNC1CC1. The fraction of sp³-hybridized carbons (Fsp3) is 1.00. The Hall–Kier alpha value is -0.170. The monoisotopic (exact) mass is 289 g/mol. The Morgan fingerprint density at radius 1 is 1.32 bits per heavy atom. The van der Waals surface area contributed by atoms with Crippen molar-refractivity contribution >= 4 is 10.0 Å². The molecule has 112 valence electrons. The van der Waals surface area contributed by atoms with Gasteiger partial charge in [-0.05, 0) is 52.2 Å². The molecule has 1 unspecified atom stereocenters. The van der Waals surface area contributed by atoms with E-state index in [1.54, 1.807) is 11.4 Å². The van der Waals surface area contributed by atoms with Crippen LogP contribution in [0.4, 0.5) is 0 Å². The molecule has 1 N–H and O–H groups in total. The lowest BCUT2D eigenvalue weighted by Crippen LogP contribution is -2.40. The van der Waals surface area contributed by atoms with E-state index >= 15 is 0 Å². The van der Waals surface area contributed by atoms with Crippen LogP contribution in [0, 0.1) is 0 Å². The Labute approximate surface area is 117 Å². The van der Waals surface area contributed by atoms with E-state index in [4.69, 9.17) is 0 Å². The molecule has 1 saturated carbocycles. The van der Waals surface area contributed by atoms with E-state index in [9.17, 15) is 8.42 Å². The van der Waals surface area contributed by atoms with Crippen LogP contribution in [0.5, 0.6) is 0 Å². The first kappa shape index (κ1) is 15.2. The average Bonchev–Trinajstić information content (AvgIpc) is 3.10. The van der Waals surface area contributed by atoms with Crippen molar-refractivity contribution in [2.45, 2.75) is 44.2 Å². The predicted octanol–water partition coefficient (Wildman–Crippen LogP) is 0.484. The van der Waals surface area contributed by atoms with Crippen molar-refractivity contribution < 1.29 is 8.42 Å². The Kier molecular flexibility index (Phi) is 5.22. The van der Waals surface area contributed by atoms with Gasteiger partial charge in [-0.25, -0.2) is 12.7 Å². The summed E-state index contributed by atoms with van der Waals surface area (Å²) in [4.78, 5) is 2.26. The van der Waals surface area contributed by atoms with Gasteiger partial charge in [-0.1, -0.05) is 0 Å². The molecule has 1 heterocycles. The Balaban J connectivity index is 1.70. The molecule has 1 atom stereocenters. The molecule has 2 aliphatic rings. The second-order valence-electron chi connectivity index (χ2n) is 5.96. The fourth-order valence-electron chi connectivity index (χ4n) is 2.62. The van der Waals surface area contributed by atoms with Crippen molar-refractivity contribution in [2.75, 3.05) is 39.5 Å². The molecule has 2 fully saturated rings. The molecule has 0 aromatic rings. The van der Waals surface area contributed by atoms with E-state index < -0.39 is 10.0 Å². The highest BCUT2D eigenvalue weighted by Crippen LogP contribution is 2.19. The van der Waals surface area contributed by atoms with Gasteiger partial charge >= 0.3 is 0 Å². The second kappa shape index (κ2) is 6.52. The number of nitrogens with zero attached hydrogens (tertiary/aromatic N) is 2. The number of likely N-dealkylation sites (tertiary alicyclic amines) is 1. The molecule has 1 saturated heterocycles. The lowest BCUT2D eigenvalue weighted by Gasteiger charge is -2.25. The summed E-state index contributed by atoms with van der Waals surface area (Å²) in [7, 11) is 0.717. The number of rotatable bonds is 8. The van der Waals surface area contributed by atoms with Gasteiger partial charge in [0.15, 0.2) is 0 Å². The van der Waals surface area contributed by atoms with Crippen LogP contribution in [0.3, 0.4) is 0 Å². The zero-order valence-corrected chi connectivity index (χ0v) is 13.0. The summed E-state index contributed by atoms with van der Waals surface area (Å²) in [5.74, 6) is 0.264. The van der Waals surface area contributed by atoms with Crippen LogP contribution < -0.4 is 5.32 Å². The Morgan fingerprint density at radius 2 is 2.05 bits per heavy atom. The molecule has 0 amide bonds.